The number of carbonyl (C=O) groups excluding carboxylic acids is 1. The molecule has 3 aromatic rings. The number of sulfonamides is 1. The highest BCUT2D eigenvalue weighted by Gasteiger charge is 2.32. The number of amides is 1. The van der Waals surface area contributed by atoms with Gasteiger partial charge in [-0.25, -0.2) is 12.8 Å². The zero-order valence-corrected chi connectivity index (χ0v) is 15.1. The Kier molecular flexibility index (Phi) is 4.45. The van der Waals surface area contributed by atoms with Gasteiger partial charge in [-0.15, -0.1) is 0 Å². The van der Waals surface area contributed by atoms with E-state index in [9.17, 15) is 17.6 Å². The summed E-state index contributed by atoms with van der Waals surface area (Å²) in [6.07, 6.45) is 0.749. The lowest BCUT2D eigenvalue weighted by molar-refractivity contribution is 0.0948. The smallest absolute Gasteiger partial charge is 0.251 e. The standard InChI is InChI=1S/C19H17FN2O4S/c20-16-7-6-14(11-18(16)27(24,25)22-8-3-9-22)19(23)21-12-15-10-13-4-1-2-5-17(13)26-15/h1-2,4-7,10-11H,3,8-9,12H2,(H,21,23). The van der Waals surface area contributed by atoms with E-state index in [-0.39, 0.29) is 12.1 Å². The van der Waals surface area contributed by atoms with Crippen molar-refractivity contribution in [3.05, 3.63) is 65.7 Å². The van der Waals surface area contributed by atoms with Gasteiger partial charge in [0.1, 0.15) is 22.1 Å². The van der Waals surface area contributed by atoms with Crippen LogP contribution in [0.4, 0.5) is 4.39 Å². The molecule has 0 unspecified atom stereocenters. The van der Waals surface area contributed by atoms with Crippen LogP contribution in [0.25, 0.3) is 11.0 Å². The molecule has 1 aliphatic heterocycles. The first-order chi connectivity index (χ1) is 12.9. The largest absolute Gasteiger partial charge is 0.459 e. The first kappa shape index (κ1) is 17.7. The summed E-state index contributed by atoms with van der Waals surface area (Å²) in [5.41, 5.74) is 0.790. The molecule has 0 radical (unpaired) electrons. The summed E-state index contributed by atoms with van der Waals surface area (Å²) >= 11 is 0. The van der Waals surface area contributed by atoms with Gasteiger partial charge >= 0.3 is 0 Å². The van der Waals surface area contributed by atoms with E-state index in [2.05, 4.69) is 5.32 Å². The van der Waals surface area contributed by atoms with Gasteiger partial charge in [-0.3, -0.25) is 4.79 Å². The average Bonchev–Trinajstić information content (AvgIpc) is 3.01. The normalized spacial score (nSPS) is 14.9. The monoisotopic (exact) mass is 388 g/mol. The van der Waals surface area contributed by atoms with Crippen LogP contribution in [0.3, 0.4) is 0 Å². The minimum Gasteiger partial charge on any atom is -0.459 e. The van der Waals surface area contributed by atoms with Gasteiger partial charge in [0.2, 0.25) is 10.0 Å². The van der Waals surface area contributed by atoms with E-state index in [1.165, 1.54) is 10.4 Å². The molecule has 0 spiro atoms. The van der Waals surface area contributed by atoms with Gasteiger partial charge in [-0.2, -0.15) is 4.31 Å². The van der Waals surface area contributed by atoms with Crippen LogP contribution < -0.4 is 5.32 Å². The van der Waals surface area contributed by atoms with Crippen molar-refractivity contribution in [2.24, 2.45) is 0 Å². The molecule has 2 heterocycles. The minimum absolute atomic E-state index is 0.0756. The van der Waals surface area contributed by atoms with Crippen LogP contribution in [-0.4, -0.2) is 31.7 Å². The second kappa shape index (κ2) is 6.79. The Balaban J connectivity index is 1.52. The SMILES string of the molecule is O=C(NCc1cc2ccccc2o1)c1ccc(F)c(S(=O)(=O)N2CCC2)c1. The maximum atomic E-state index is 14.1. The number of nitrogens with one attached hydrogen (secondary N) is 1. The van der Waals surface area contributed by atoms with Crippen LogP contribution in [-0.2, 0) is 16.6 Å². The van der Waals surface area contributed by atoms with Crippen molar-refractivity contribution >= 4 is 26.9 Å². The fourth-order valence-corrected chi connectivity index (χ4v) is 4.51. The number of carbonyl (C=O) groups is 1. The molecule has 1 aromatic heterocycles. The maximum absolute atomic E-state index is 14.1. The molecule has 1 N–H and O–H groups in total. The molecule has 4 rings (SSSR count). The Hall–Kier alpha value is -2.71. The van der Waals surface area contributed by atoms with E-state index < -0.39 is 26.6 Å². The number of para-hydroxylation sites is 1. The predicted octanol–water partition coefficient (Wildman–Crippen LogP) is 2.90. The number of fused-ring (bicyclic) bond motifs is 1. The summed E-state index contributed by atoms with van der Waals surface area (Å²) in [6, 6.07) is 12.6. The van der Waals surface area contributed by atoms with Crippen molar-refractivity contribution in [1.82, 2.24) is 9.62 Å². The lowest BCUT2D eigenvalue weighted by atomic mass is 10.2. The third-order valence-electron chi connectivity index (χ3n) is 4.53. The molecule has 1 saturated heterocycles. The van der Waals surface area contributed by atoms with Crippen molar-refractivity contribution in [2.75, 3.05) is 13.1 Å². The number of rotatable bonds is 5. The third-order valence-corrected chi connectivity index (χ3v) is 6.44. The molecule has 0 bridgehead atoms. The number of nitrogens with zero attached hydrogens (tertiary/aromatic N) is 1. The molecule has 1 fully saturated rings. The van der Waals surface area contributed by atoms with Gasteiger partial charge in [0.05, 0.1) is 6.54 Å². The van der Waals surface area contributed by atoms with E-state index in [1.807, 2.05) is 30.3 Å². The van der Waals surface area contributed by atoms with Gasteiger partial charge < -0.3 is 9.73 Å². The molecular weight excluding hydrogens is 371 g/mol. The molecule has 0 saturated carbocycles. The molecule has 2 aromatic carbocycles. The summed E-state index contributed by atoms with van der Waals surface area (Å²) in [5, 5.41) is 3.59. The van der Waals surface area contributed by atoms with E-state index >= 15 is 0 Å². The van der Waals surface area contributed by atoms with Crippen LogP contribution in [0.1, 0.15) is 22.5 Å². The Morgan fingerprint density at radius 2 is 1.93 bits per heavy atom. The molecule has 140 valence electrons. The summed E-state index contributed by atoms with van der Waals surface area (Å²) in [5.74, 6) is -0.800. The van der Waals surface area contributed by atoms with Gasteiger partial charge in [0, 0.05) is 24.0 Å². The number of halogens is 1. The second-order valence-electron chi connectivity index (χ2n) is 6.34. The van der Waals surface area contributed by atoms with Gasteiger partial charge in [-0.05, 0) is 36.8 Å². The Bertz CT molecular complexity index is 1090. The number of benzene rings is 2. The van der Waals surface area contributed by atoms with Gasteiger partial charge in [0.15, 0.2) is 0 Å². The van der Waals surface area contributed by atoms with E-state index in [4.69, 9.17) is 4.42 Å². The lowest BCUT2D eigenvalue weighted by Gasteiger charge is -2.29. The van der Waals surface area contributed by atoms with Crippen molar-refractivity contribution in [3.63, 3.8) is 0 Å². The van der Waals surface area contributed by atoms with Gasteiger partial charge in [0.25, 0.3) is 5.91 Å². The Labute approximate surface area is 155 Å². The highest BCUT2D eigenvalue weighted by molar-refractivity contribution is 7.89. The summed E-state index contributed by atoms with van der Waals surface area (Å²) in [7, 11) is -3.91. The van der Waals surface area contributed by atoms with Gasteiger partial charge in [-0.1, -0.05) is 18.2 Å². The lowest BCUT2D eigenvalue weighted by Crippen LogP contribution is -2.42. The molecule has 0 atom stereocenters. The summed E-state index contributed by atoms with van der Waals surface area (Å²) < 4.78 is 45.7. The Morgan fingerprint density at radius 1 is 1.15 bits per heavy atom. The molecule has 6 nitrogen and oxygen atoms in total. The summed E-state index contributed by atoms with van der Waals surface area (Å²) in [4.78, 5) is 11.9. The molecule has 1 amide bonds. The topological polar surface area (TPSA) is 79.6 Å². The van der Waals surface area contributed by atoms with Crippen molar-refractivity contribution < 1.29 is 22.0 Å². The molecule has 0 aliphatic carbocycles. The minimum atomic E-state index is -3.91. The van der Waals surface area contributed by atoms with E-state index in [0.717, 1.165) is 23.9 Å². The molecule has 1 aliphatic rings. The predicted molar refractivity (Wildman–Crippen MR) is 97.2 cm³/mol. The summed E-state index contributed by atoms with van der Waals surface area (Å²) in [6.45, 7) is 0.869. The molecular formula is C19H17FN2O4S. The Morgan fingerprint density at radius 3 is 2.63 bits per heavy atom. The average molecular weight is 388 g/mol. The second-order valence-corrected chi connectivity index (χ2v) is 8.24. The fourth-order valence-electron chi connectivity index (χ4n) is 2.90. The number of hydrogen-bond donors (Lipinski definition) is 1. The van der Waals surface area contributed by atoms with Crippen LogP contribution >= 0.6 is 0 Å². The van der Waals surface area contributed by atoms with E-state index in [1.54, 1.807) is 0 Å². The fraction of sp³-hybridized carbons (Fsp3) is 0.211. The zero-order valence-electron chi connectivity index (χ0n) is 14.3. The first-order valence-corrected chi connectivity index (χ1v) is 9.94. The zero-order chi connectivity index (χ0) is 19.0. The molecule has 8 heteroatoms. The third kappa shape index (κ3) is 3.33. The first-order valence-electron chi connectivity index (χ1n) is 8.50. The van der Waals surface area contributed by atoms with Crippen molar-refractivity contribution in [1.29, 1.82) is 0 Å². The van der Waals surface area contributed by atoms with Crippen LogP contribution in [0.15, 0.2) is 57.8 Å². The van der Waals surface area contributed by atoms with Crippen LogP contribution in [0.5, 0.6) is 0 Å². The highest BCUT2D eigenvalue weighted by Crippen LogP contribution is 2.25. The number of hydrogen-bond acceptors (Lipinski definition) is 4. The van der Waals surface area contributed by atoms with Crippen molar-refractivity contribution in [2.45, 2.75) is 17.9 Å². The molecule has 27 heavy (non-hydrogen) atoms. The maximum Gasteiger partial charge on any atom is 0.251 e. The van der Waals surface area contributed by atoms with Crippen molar-refractivity contribution in [3.8, 4) is 0 Å². The van der Waals surface area contributed by atoms with E-state index in [0.29, 0.717) is 24.4 Å². The quantitative estimate of drug-likeness (QED) is 0.729. The highest BCUT2D eigenvalue weighted by atomic mass is 32.2. The van der Waals surface area contributed by atoms with Crippen LogP contribution in [0.2, 0.25) is 0 Å². The number of furan rings is 1. The van der Waals surface area contributed by atoms with Crippen LogP contribution in [0, 0.1) is 5.82 Å².